The van der Waals surface area contributed by atoms with Gasteiger partial charge in [0.15, 0.2) is 0 Å². The molecule has 2 saturated heterocycles. The summed E-state index contributed by atoms with van der Waals surface area (Å²) in [6.07, 6.45) is 1.82. The third-order valence-electron chi connectivity index (χ3n) is 4.84. The summed E-state index contributed by atoms with van der Waals surface area (Å²) in [6, 6.07) is 9.90. The van der Waals surface area contributed by atoms with E-state index in [0.29, 0.717) is 31.9 Å². The van der Waals surface area contributed by atoms with Crippen LogP contribution in [0.5, 0.6) is 0 Å². The number of rotatable bonds is 6. The smallest absolute Gasteiger partial charge is 0.110 e. The van der Waals surface area contributed by atoms with Gasteiger partial charge in [-0.2, -0.15) is 5.26 Å². The van der Waals surface area contributed by atoms with Gasteiger partial charge in [0, 0.05) is 13.7 Å². The lowest BCUT2D eigenvalue weighted by atomic mass is 10.1. The summed E-state index contributed by atoms with van der Waals surface area (Å²) in [4.78, 5) is 0. The molecule has 0 aliphatic carbocycles. The molecule has 1 aromatic heterocycles. The van der Waals surface area contributed by atoms with Gasteiger partial charge in [0.05, 0.1) is 43.7 Å². The predicted molar refractivity (Wildman–Crippen MR) is 91.0 cm³/mol. The Bertz CT molecular complexity index is 802. The highest BCUT2D eigenvalue weighted by atomic mass is 16.6. The monoisotopic (exact) mass is 355 g/mol. The van der Waals surface area contributed by atoms with Crippen LogP contribution in [0.3, 0.4) is 0 Å². The van der Waals surface area contributed by atoms with Crippen LogP contribution >= 0.6 is 0 Å². The van der Waals surface area contributed by atoms with Crippen molar-refractivity contribution in [2.45, 2.75) is 37.4 Å². The predicted octanol–water partition coefficient (Wildman–Crippen LogP) is 0.793. The SMILES string of the molecule is COCc1cn([C@@H]2CO[C@@H]3[C@@H]2OC[C@@H]3NCc2cccc(C#N)c2)nn1. The van der Waals surface area contributed by atoms with E-state index >= 15 is 0 Å². The molecule has 8 heteroatoms. The van der Waals surface area contributed by atoms with E-state index in [1.165, 1.54) is 0 Å². The van der Waals surface area contributed by atoms with E-state index in [4.69, 9.17) is 19.5 Å². The maximum absolute atomic E-state index is 9.01. The van der Waals surface area contributed by atoms with E-state index in [1.807, 2.05) is 29.1 Å². The van der Waals surface area contributed by atoms with E-state index in [-0.39, 0.29) is 24.3 Å². The molecule has 2 fully saturated rings. The number of aromatic nitrogens is 3. The number of hydrogen-bond donors (Lipinski definition) is 1. The Morgan fingerprint density at radius 1 is 1.35 bits per heavy atom. The highest BCUT2D eigenvalue weighted by Crippen LogP contribution is 2.34. The molecule has 0 saturated carbocycles. The van der Waals surface area contributed by atoms with E-state index in [9.17, 15) is 0 Å². The number of fused-ring (bicyclic) bond motifs is 1. The van der Waals surface area contributed by atoms with Gasteiger partial charge in [0.25, 0.3) is 0 Å². The minimum atomic E-state index is -0.0463. The normalized spacial score (nSPS) is 27.4. The molecule has 136 valence electrons. The Balaban J connectivity index is 1.37. The summed E-state index contributed by atoms with van der Waals surface area (Å²) in [7, 11) is 1.64. The van der Waals surface area contributed by atoms with Crippen LogP contribution in [0.2, 0.25) is 0 Å². The topological polar surface area (TPSA) is 94.2 Å². The van der Waals surface area contributed by atoms with Crippen molar-refractivity contribution in [3.63, 3.8) is 0 Å². The van der Waals surface area contributed by atoms with Crippen molar-refractivity contribution in [3.05, 3.63) is 47.3 Å². The fraction of sp³-hybridized carbons (Fsp3) is 0.500. The minimum Gasteiger partial charge on any atom is -0.378 e. The van der Waals surface area contributed by atoms with Crippen LogP contribution in [0, 0.1) is 11.3 Å². The molecule has 1 N–H and O–H groups in total. The second-order valence-corrected chi connectivity index (χ2v) is 6.59. The molecule has 0 spiro atoms. The summed E-state index contributed by atoms with van der Waals surface area (Å²) >= 11 is 0. The van der Waals surface area contributed by atoms with Crippen molar-refractivity contribution < 1.29 is 14.2 Å². The number of nitriles is 1. The maximum Gasteiger partial charge on any atom is 0.110 e. The van der Waals surface area contributed by atoms with Crippen LogP contribution < -0.4 is 5.32 Å². The van der Waals surface area contributed by atoms with Crippen LogP contribution in [-0.4, -0.2) is 53.6 Å². The number of methoxy groups -OCH3 is 1. The fourth-order valence-electron chi connectivity index (χ4n) is 3.57. The molecule has 0 unspecified atom stereocenters. The molecule has 26 heavy (non-hydrogen) atoms. The van der Waals surface area contributed by atoms with Crippen LogP contribution in [0.1, 0.15) is 22.9 Å². The molecule has 8 nitrogen and oxygen atoms in total. The Labute approximate surface area is 151 Å². The molecule has 2 aliphatic heterocycles. The maximum atomic E-state index is 9.01. The summed E-state index contributed by atoms with van der Waals surface area (Å²) in [5, 5.41) is 20.8. The summed E-state index contributed by atoms with van der Waals surface area (Å²) in [5.41, 5.74) is 2.53. The highest BCUT2D eigenvalue weighted by Gasteiger charge is 2.48. The quantitative estimate of drug-likeness (QED) is 0.819. The molecule has 1 aromatic carbocycles. The van der Waals surface area contributed by atoms with Gasteiger partial charge in [-0.1, -0.05) is 17.3 Å². The molecule has 4 rings (SSSR count). The number of nitrogens with zero attached hydrogens (tertiary/aromatic N) is 4. The van der Waals surface area contributed by atoms with E-state index in [2.05, 4.69) is 21.7 Å². The fourth-order valence-corrected chi connectivity index (χ4v) is 3.57. The zero-order chi connectivity index (χ0) is 17.9. The zero-order valence-corrected chi connectivity index (χ0v) is 14.5. The summed E-state index contributed by atoms with van der Waals surface area (Å²) in [6.45, 7) is 2.24. The van der Waals surface area contributed by atoms with Gasteiger partial charge in [0.1, 0.15) is 23.9 Å². The van der Waals surface area contributed by atoms with Crippen LogP contribution in [0.4, 0.5) is 0 Å². The largest absolute Gasteiger partial charge is 0.378 e. The average Bonchev–Trinajstić information content (AvgIpc) is 3.37. The summed E-state index contributed by atoms with van der Waals surface area (Å²) < 4.78 is 18.9. The molecular weight excluding hydrogens is 334 g/mol. The van der Waals surface area contributed by atoms with Crippen molar-refractivity contribution in [2.75, 3.05) is 20.3 Å². The Kier molecular flexibility index (Phi) is 4.95. The lowest BCUT2D eigenvalue weighted by Gasteiger charge is -2.18. The number of nitrogens with one attached hydrogen (secondary N) is 1. The Morgan fingerprint density at radius 3 is 3.08 bits per heavy atom. The molecule has 2 aromatic rings. The third-order valence-corrected chi connectivity index (χ3v) is 4.84. The first kappa shape index (κ1) is 17.1. The Morgan fingerprint density at radius 2 is 2.23 bits per heavy atom. The second kappa shape index (κ2) is 7.51. The first-order valence-electron chi connectivity index (χ1n) is 8.64. The van der Waals surface area contributed by atoms with Gasteiger partial charge in [-0.05, 0) is 17.7 Å². The number of ether oxygens (including phenoxy) is 3. The second-order valence-electron chi connectivity index (χ2n) is 6.59. The van der Waals surface area contributed by atoms with E-state index in [0.717, 1.165) is 11.3 Å². The van der Waals surface area contributed by atoms with Gasteiger partial charge in [-0.3, -0.25) is 0 Å². The van der Waals surface area contributed by atoms with E-state index < -0.39 is 0 Å². The van der Waals surface area contributed by atoms with Gasteiger partial charge >= 0.3 is 0 Å². The van der Waals surface area contributed by atoms with Gasteiger partial charge in [-0.25, -0.2) is 4.68 Å². The van der Waals surface area contributed by atoms with Gasteiger partial charge in [-0.15, -0.1) is 5.10 Å². The van der Waals surface area contributed by atoms with Crippen LogP contribution in [0.25, 0.3) is 0 Å². The van der Waals surface area contributed by atoms with Gasteiger partial charge in [0.2, 0.25) is 0 Å². The number of hydrogen-bond acceptors (Lipinski definition) is 7. The zero-order valence-electron chi connectivity index (χ0n) is 14.5. The molecule has 3 heterocycles. The standard InChI is InChI=1S/C18H21N5O3/c1-24-9-14-8-23(22-21-14)16-11-26-17-15(10-25-18(16)17)20-7-13-4-2-3-12(5-13)6-19/h2-5,8,15-18,20H,7,9-11H2,1H3/t15-,16+,17-,18+/m0/s1. The number of benzene rings is 1. The molecule has 0 radical (unpaired) electrons. The van der Waals surface area contributed by atoms with Gasteiger partial charge < -0.3 is 19.5 Å². The molecule has 0 bridgehead atoms. The average molecular weight is 355 g/mol. The van der Waals surface area contributed by atoms with Crippen molar-refractivity contribution in [2.24, 2.45) is 0 Å². The van der Waals surface area contributed by atoms with Crippen molar-refractivity contribution >= 4 is 0 Å². The first-order chi connectivity index (χ1) is 12.8. The lowest BCUT2D eigenvalue weighted by Crippen LogP contribution is -2.40. The molecule has 2 aliphatic rings. The molecule has 0 amide bonds. The van der Waals surface area contributed by atoms with E-state index in [1.54, 1.807) is 13.2 Å². The third kappa shape index (κ3) is 3.34. The Hall–Kier alpha value is -2.31. The molecular formula is C18H21N5O3. The van der Waals surface area contributed by atoms with Crippen molar-refractivity contribution in [1.29, 1.82) is 5.26 Å². The van der Waals surface area contributed by atoms with Crippen LogP contribution in [0.15, 0.2) is 30.5 Å². The van der Waals surface area contributed by atoms with Crippen molar-refractivity contribution in [1.82, 2.24) is 20.3 Å². The highest BCUT2D eigenvalue weighted by molar-refractivity contribution is 5.32. The summed E-state index contributed by atoms with van der Waals surface area (Å²) in [5.74, 6) is 0. The van der Waals surface area contributed by atoms with Crippen LogP contribution in [-0.2, 0) is 27.4 Å². The lowest BCUT2D eigenvalue weighted by molar-refractivity contribution is 0.0619. The molecule has 4 atom stereocenters. The minimum absolute atomic E-state index is 0.0192. The van der Waals surface area contributed by atoms with Crippen molar-refractivity contribution in [3.8, 4) is 6.07 Å². The first-order valence-corrected chi connectivity index (χ1v) is 8.64.